The molecule has 0 bridgehead atoms. The Hall–Kier alpha value is -1.67. The fourth-order valence-corrected chi connectivity index (χ4v) is 6.28. The van der Waals surface area contributed by atoms with Gasteiger partial charge < -0.3 is 14.4 Å². The van der Waals surface area contributed by atoms with Crippen LogP contribution < -0.4 is 0 Å². The second-order valence-corrected chi connectivity index (χ2v) is 14.3. The monoisotopic (exact) mass is 697 g/mol. The molecule has 0 saturated carbocycles. The molecule has 0 aliphatic heterocycles. The van der Waals surface area contributed by atoms with Crippen molar-refractivity contribution in [1.29, 1.82) is 0 Å². The molecule has 0 aromatic heterocycles. The van der Waals surface area contributed by atoms with Gasteiger partial charge in [0.15, 0.2) is 0 Å². The molecule has 0 aromatic carbocycles. The van der Waals surface area contributed by atoms with Gasteiger partial charge in [0.2, 0.25) is 5.91 Å². The summed E-state index contributed by atoms with van der Waals surface area (Å²) in [4.78, 5) is 38.4. The third-order valence-corrected chi connectivity index (χ3v) is 9.49. The summed E-state index contributed by atoms with van der Waals surface area (Å²) >= 11 is 0. The highest BCUT2D eigenvalue weighted by Crippen LogP contribution is 2.17. The van der Waals surface area contributed by atoms with Crippen LogP contribution in [0.5, 0.6) is 0 Å². The van der Waals surface area contributed by atoms with Crippen LogP contribution in [0.3, 0.4) is 0 Å². The molecule has 1 atom stereocenters. The number of esters is 2. The summed E-state index contributed by atoms with van der Waals surface area (Å²) in [5, 5.41) is 10.6. The minimum absolute atomic E-state index is 0.0184. The number of nitrogens with zero attached hydrogens (tertiary/aromatic N) is 2. The third-order valence-electron chi connectivity index (χ3n) is 9.49. The molecule has 0 fully saturated rings. The second kappa shape index (κ2) is 36.1. The molecule has 1 N–H and O–H groups in total. The van der Waals surface area contributed by atoms with E-state index in [0.29, 0.717) is 26.0 Å². The molecule has 0 spiro atoms. The van der Waals surface area contributed by atoms with Gasteiger partial charge in [-0.05, 0) is 83.8 Å². The number of unbranched alkanes of at least 4 members (excludes halogenated alkanes) is 18. The summed E-state index contributed by atoms with van der Waals surface area (Å²) in [7, 11) is 0. The Balaban J connectivity index is 4.21. The molecule has 0 heterocycles. The highest BCUT2D eigenvalue weighted by Gasteiger charge is 2.14. The van der Waals surface area contributed by atoms with Gasteiger partial charge >= 0.3 is 11.9 Å². The Bertz CT molecular complexity index is 764. The van der Waals surface area contributed by atoms with E-state index in [-0.39, 0.29) is 23.9 Å². The van der Waals surface area contributed by atoms with Crippen molar-refractivity contribution in [3.63, 3.8) is 0 Å². The van der Waals surface area contributed by atoms with E-state index < -0.39 is 0 Å². The van der Waals surface area contributed by atoms with E-state index in [1.807, 2.05) is 0 Å². The first kappa shape index (κ1) is 47.3. The molecule has 0 aromatic rings. The van der Waals surface area contributed by atoms with Gasteiger partial charge in [0, 0.05) is 26.3 Å². The number of rotatable bonds is 37. The van der Waals surface area contributed by atoms with Crippen molar-refractivity contribution in [2.75, 3.05) is 32.8 Å². The molecule has 0 aliphatic rings. The molecule has 290 valence electrons. The molecule has 0 rings (SSSR count). The van der Waals surface area contributed by atoms with Gasteiger partial charge in [-0.1, -0.05) is 124 Å². The van der Waals surface area contributed by atoms with Crippen LogP contribution in [0.1, 0.15) is 207 Å². The van der Waals surface area contributed by atoms with Gasteiger partial charge in [-0.2, -0.15) is 0 Å². The molecule has 8 nitrogen and oxygen atoms in total. The molecule has 49 heavy (non-hydrogen) atoms. The summed E-state index contributed by atoms with van der Waals surface area (Å²) in [5.41, 5.74) is 0. The van der Waals surface area contributed by atoms with Crippen LogP contribution in [0, 0.1) is 0 Å². The van der Waals surface area contributed by atoms with Crippen LogP contribution in [-0.2, 0) is 23.9 Å². The average molecular weight is 697 g/mol. The average Bonchev–Trinajstić information content (AvgIpc) is 3.08. The zero-order valence-electron chi connectivity index (χ0n) is 32.8. The van der Waals surface area contributed by atoms with Gasteiger partial charge in [-0.3, -0.25) is 19.6 Å². The van der Waals surface area contributed by atoms with E-state index in [9.17, 15) is 19.6 Å². The van der Waals surface area contributed by atoms with E-state index in [0.717, 1.165) is 134 Å². The Morgan fingerprint density at radius 3 is 1.51 bits per heavy atom. The van der Waals surface area contributed by atoms with Gasteiger partial charge in [0.25, 0.3) is 0 Å². The molecule has 1 unspecified atom stereocenters. The van der Waals surface area contributed by atoms with Gasteiger partial charge in [0.05, 0.1) is 6.61 Å². The Kier molecular flexibility index (Phi) is 34.9. The summed E-state index contributed by atoms with van der Waals surface area (Å²) in [6.45, 7) is 11.8. The lowest BCUT2D eigenvalue weighted by molar-refractivity contribution is -0.163. The number of amides is 1. The summed E-state index contributed by atoms with van der Waals surface area (Å²) in [6, 6.07) is 0. The largest absolute Gasteiger partial charge is 0.466 e. The van der Waals surface area contributed by atoms with Crippen molar-refractivity contribution in [3.05, 3.63) is 0 Å². The first-order chi connectivity index (χ1) is 23.8. The maximum Gasteiger partial charge on any atom is 0.306 e. The van der Waals surface area contributed by atoms with Crippen LogP contribution in [0.15, 0.2) is 0 Å². The minimum Gasteiger partial charge on any atom is -0.466 e. The van der Waals surface area contributed by atoms with Crippen molar-refractivity contribution in [2.24, 2.45) is 0 Å². The number of ether oxygens (including phenoxy) is 2. The van der Waals surface area contributed by atoms with Crippen molar-refractivity contribution in [1.82, 2.24) is 9.96 Å². The van der Waals surface area contributed by atoms with E-state index in [1.165, 1.54) is 64.7 Å². The van der Waals surface area contributed by atoms with Crippen molar-refractivity contribution in [2.45, 2.75) is 214 Å². The fraction of sp³-hybridized carbons (Fsp3) is 0.927. The van der Waals surface area contributed by atoms with Crippen molar-refractivity contribution >= 4 is 17.8 Å². The number of hydrogen-bond acceptors (Lipinski definition) is 7. The summed E-state index contributed by atoms with van der Waals surface area (Å²) < 4.78 is 11.3. The number of carbonyl (C=O) groups is 3. The quantitative estimate of drug-likeness (QED) is 0.0299. The van der Waals surface area contributed by atoms with Crippen LogP contribution in [0.2, 0.25) is 0 Å². The predicted octanol–water partition coefficient (Wildman–Crippen LogP) is 11.0. The van der Waals surface area contributed by atoms with Crippen molar-refractivity contribution < 1.29 is 29.1 Å². The molecular formula is C41H80N2O6. The SMILES string of the molecule is CCCCCCCCOC(=O)CCCCCCCN(CCCCCCCC(=O)OC(CCCCC)CCCCCC)CCCN(O)C(C)=O. The molecule has 1 amide bonds. The molecule has 0 aliphatic carbocycles. The fourth-order valence-electron chi connectivity index (χ4n) is 6.28. The predicted molar refractivity (Wildman–Crippen MR) is 203 cm³/mol. The lowest BCUT2D eigenvalue weighted by Gasteiger charge is -2.23. The van der Waals surface area contributed by atoms with Crippen LogP contribution in [0.25, 0.3) is 0 Å². The van der Waals surface area contributed by atoms with Crippen molar-refractivity contribution in [3.8, 4) is 0 Å². The topological polar surface area (TPSA) is 96.4 Å². The lowest BCUT2D eigenvalue weighted by Crippen LogP contribution is -2.32. The lowest BCUT2D eigenvalue weighted by atomic mass is 10.0. The smallest absolute Gasteiger partial charge is 0.306 e. The standard InChI is InChI=1S/C41H80N2O6/c1-5-8-11-13-20-27-37-48-40(45)31-23-16-14-18-25-33-42(35-28-36-43(47)38(4)44)34-26-19-15-17-24-32-41(46)49-39(29-21-10-7-3)30-22-12-9-6-2/h39,47H,5-37H2,1-4H3. The molecule has 0 radical (unpaired) electrons. The first-order valence-corrected chi connectivity index (χ1v) is 20.9. The third kappa shape index (κ3) is 33.2. The normalized spacial score (nSPS) is 12.0. The summed E-state index contributed by atoms with van der Waals surface area (Å²) in [6.07, 6.45) is 30.1. The van der Waals surface area contributed by atoms with Crippen LogP contribution in [0.4, 0.5) is 0 Å². The minimum atomic E-state index is -0.319. The van der Waals surface area contributed by atoms with E-state index in [4.69, 9.17) is 9.47 Å². The Morgan fingerprint density at radius 2 is 0.939 bits per heavy atom. The molecular weight excluding hydrogens is 616 g/mol. The number of hydrogen-bond donors (Lipinski definition) is 1. The first-order valence-electron chi connectivity index (χ1n) is 20.9. The maximum absolute atomic E-state index is 12.5. The highest BCUT2D eigenvalue weighted by atomic mass is 16.5. The zero-order valence-corrected chi connectivity index (χ0v) is 32.8. The maximum atomic E-state index is 12.5. The van der Waals surface area contributed by atoms with Gasteiger partial charge in [0.1, 0.15) is 6.10 Å². The van der Waals surface area contributed by atoms with Gasteiger partial charge in [-0.15, -0.1) is 0 Å². The van der Waals surface area contributed by atoms with E-state index in [2.05, 4.69) is 25.7 Å². The van der Waals surface area contributed by atoms with E-state index in [1.54, 1.807) is 0 Å². The van der Waals surface area contributed by atoms with E-state index >= 15 is 0 Å². The van der Waals surface area contributed by atoms with Crippen LogP contribution in [-0.4, -0.2) is 71.9 Å². The Labute approximate surface area is 302 Å². The summed E-state index contributed by atoms with van der Waals surface area (Å²) in [5.74, 6) is -0.390. The number of carbonyl (C=O) groups excluding carboxylic acids is 3. The second-order valence-electron chi connectivity index (χ2n) is 14.3. The van der Waals surface area contributed by atoms with Gasteiger partial charge in [-0.25, -0.2) is 5.06 Å². The van der Waals surface area contributed by atoms with Crippen LogP contribution >= 0.6 is 0 Å². The molecule has 8 heteroatoms. The zero-order chi connectivity index (χ0) is 36.2. The Morgan fingerprint density at radius 1 is 0.510 bits per heavy atom. The highest BCUT2D eigenvalue weighted by molar-refractivity contribution is 5.71. The molecule has 0 saturated heterocycles. The number of hydroxylamine groups is 2.